The van der Waals surface area contributed by atoms with Crippen molar-refractivity contribution >= 4 is 60.7 Å². The Morgan fingerprint density at radius 2 is 0.810 bits per heavy atom. The van der Waals surface area contributed by atoms with E-state index < -0.39 is 0 Å². The van der Waals surface area contributed by atoms with Gasteiger partial charge in [0.15, 0.2) is 0 Å². The molecule has 0 aliphatic carbocycles. The van der Waals surface area contributed by atoms with Crippen LogP contribution >= 0.6 is 0 Å². The van der Waals surface area contributed by atoms with Crippen molar-refractivity contribution in [3.63, 3.8) is 0 Å². The third kappa shape index (κ3) is 6.21. The number of hydrogen-bond acceptors (Lipinski definition) is 1. The minimum absolute atomic E-state index is 1.07. The lowest BCUT2D eigenvalue weighted by Crippen LogP contribution is -2.11. The molecule has 0 aliphatic heterocycles. The van der Waals surface area contributed by atoms with Crippen LogP contribution in [0.15, 0.2) is 249 Å². The molecule has 0 spiro atoms. The van der Waals surface area contributed by atoms with E-state index in [1.54, 1.807) is 0 Å². The van der Waals surface area contributed by atoms with Crippen molar-refractivity contribution in [2.75, 3.05) is 4.90 Å². The number of hydrogen-bond donors (Lipinski definition) is 0. The summed E-state index contributed by atoms with van der Waals surface area (Å²) in [7, 11) is 0. The Kier molecular flexibility index (Phi) is 8.83. The van der Waals surface area contributed by atoms with Crippen molar-refractivity contribution in [3.8, 4) is 44.8 Å². The van der Waals surface area contributed by atoms with Crippen LogP contribution in [0.4, 0.5) is 17.1 Å². The molecule has 12 aromatic rings. The largest absolute Gasteiger partial charge is 0.310 e. The summed E-state index contributed by atoms with van der Waals surface area (Å²) >= 11 is 0. The third-order valence-corrected chi connectivity index (χ3v) is 12.5. The maximum atomic E-state index is 2.43. The smallest absolute Gasteiger partial charge is 0.0562 e. The first-order valence-electron chi connectivity index (χ1n) is 21.6. The Hall–Kier alpha value is -8.40. The molecule has 0 radical (unpaired) electrons. The molecule has 0 saturated carbocycles. The lowest BCUT2D eigenvalue weighted by atomic mass is 9.99. The molecular formula is C60H41N3. The first-order valence-corrected chi connectivity index (χ1v) is 21.6. The van der Waals surface area contributed by atoms with E-state index in [0.717, 1.165) is 39.5 Å². The SMILES string of the molecule is c1ccc(-c2ccc3c(c2)c2ccccc2n3-c2ccc(N(c3ccc4c5c(-c6ccccc6)cccc5n(-c5ccccc5)c4c3)c3ccccc3-c3ccccc3)cc2)cc1. The zero-order chi connectivity index (χ0) is 41.7. The number of benzene rings is 10. The van der Waals surface area contributed by atoms with E-state index in [1.165, 1.54) is 65.9 Å². The highest BCUT2D eigenvalue weighted by Crippen LogP contribution is 2.45. The van der Waals surface area contributed by atoms with Crippen molar-refractivity contribution in [3.05, 3.63) is 249 Å². The van der Waals surface area contributed by atoms with E-state index in [0.29, 0.717) is 0 Å². The predicted octanol–water partition coefficient (Wildman–Crippen LogP) is 16.4. The van der Waals surface area contributed by atoms with Gasteiger partial charge < -0.3 is 14.0 Å². The molecule has 296 valence electrons. The van der Waals surface area contributed by atoms with Gasteiger partial charge in [-0.05, 0) is 107 Å². The van der Waals surface area contributed by atoms with E-state index >= 15 is 0 Å². The molecule has 2 heterocycles. The maximum Gasteiger partial charge on any atom is 0.0562 e. The molecule has 2 aromatic heterocycles. The number of fused-ring (bicyclic) bond motifs is 6. The summed E-state index contributed by atoms with van der Waals surface area (Å²) in [5.41, 5.74) is 17.4. The fraction of sp³-hybridized carbons (Fsp3) is 0. The van der Waals surface area contributed by atoms with Gasteiger partial charge in [-0.15, -0.1) is 0 Å². The van der Waals surface area contributed by atoms with Gasteiger partial charge in [0.2, 0.25) is 0 Å². The molecule has 0 N–H and O–H groups in total. The van der Waals surface area contributed by atoms with Crippen molar-refractivity contribution in [1.82, 2.24) is 9.13 Å². The topological polar surface area (TPSA) is 13.1 Å². The second kappa shape index (κ2) is 15.3. The van der Waals surface area contributed by atoms with E-state index in [2.05, 4.69) is 263 Å². The molecule has 3 heteroatoms. The molecule has 0 saturated heterocycles. The van der Waals surface area contributed by atoms with Gasteiger partial charge in [0.05, 0.1) is 27.8 Å². The standard InChI is InChI=1S/C60H41N3/c1-5-18-42(19-6-1)45-32-39-57-54(40-45)52-27-14-16-30-56(52)62(57)48-35-33-47(34-36-48)61(55-29-15-13-26-50(55)43-20-7-2-8-21-43)49-37-38-53-59(41-49)63(46-24-11-4-12-25-46)58-31-17-28-51(60(53)58)44-22-9-3-10-23-44/h1-41H. The van der Waals surface area contributed by atoms with Crippen LogP contribution in [0.25, 0.3) is 88.4 Å². The van der Waals surface area contributed by atoms with Crippen LogP contribution in [-0.4, -0.2) is 9.13 Å². The maximum absolute atomic E-state index is 2.43. The van der Waals surface area contributed by atoms with E-state index in [4.69, 9.17) is 0 Å². The van der Waals surface area contributed by atoms with Crippen LogP contribution in [0, 0.1) is 0 Å². The minimum atomic E-state index is 1.07. The highest BCUT2D eigenvalue weighted by molar-refractivity contribution is 6.16. The summed E-state index contributed by atoms with van der Waals surface area (Å²) in [6.07, 6.45) is 0. The Labute approximate surface area is 366 Å². The van der Waals surface area contributed by atoms with Crippen LogP contribution in [0.5, 0.6) is 0 Å². The second-order valence-electron chi connectivity index (χ2n) is 16.1. The average Bonchev–Trinajstić information content (AvgIpc) is 3.88. The van der Waals surface area contributed by atoms with E-state index in [-0.39, 0.29) is 0 Å². The van der Waals surface area contributed by atoms with Gasteiger partial charge in [0.1, 0.15) is 0 Å². The molecule has 3 nitrogen and oxygen atoms in total. The highest BCUT2D eigenvalue weighted by atomic mass is 15.1. The molecule has 0 unspecified atom stereocenters. The molecule has 0 amide bonds. The molecule has 12 rings (SSSR count). The Bertz CT molecular complexity index is 3590. The van der Waals surface area contributed by atoms with Crippen LogP contribution in [-0.2, 0) is 0 Å². The quantitative estimate of drug-likeness (QED) is 0.149. The van der Waals surface area contributed by atoms with Crippen molar-refractivity contribution in [2.24, 2.45) is 0 Å². The number of rotatable bonds is 8. The van der Waals surface area contributed by atoms with Gasteiger partial charge in [-0.2, -0.15) is 0 Å². The molecule has 0 bridgehead atoms. The molecule has 0 atom stereocenters. The van der Waals surface area contributed by atoms with Gasteiger partial charge in [-0.25, -0.2) is 0 Å². The summed E-state index contributed by atoms with van der Waals surface area (Å²) in [5.74, 6) is 0. The van der Waals surface area contributed by atoms with Crippen molar-refractivity contribution in [1.29, 1.82) is 0 Å². The first-order chi connectivity index (χ1) is 31.3. The van der Waals surface area contributed by atoms with Crippen LogP contribution < -0.4 is 4.90 Å². The highest BCUT2D eigenvalue weighted by Gasteiger charge is 2.22. The predicted molar refractivity (Wildman–Crippen MR) is 266 cm³/mol. The van der Waals surface area contributed by atoms with Gasteiger partial charge in [0, 0.05) is 49.9 Å². The molecular weight excluding hydrogens is 763 g/mol. The first kappa shape index (κ1) is 36.5. The monoisotopic (exact) mass is 803 g/mol. The minimum Gasteiger partial charge on any atom is -0.310 e. The summed E-state index contributed by atoms with van der Waals surface area (Å²) in [5, 5.41) is 4.94. The second-order valence-corrected chi connectivity index (χ2v) is 16.1. The summed E-state index contributed by atoms with van der Waals surface area (Å²) in [6.45, 7) is 0. The number of para-hydroxylation sites is 3. The van der Waals surface area contributed by atoms with Crippen LogP contribution in [0.1, 0.15) is 0 Å². The molecule has 0 fully saturated rings. The zero-order valence-corrected chi connectivity index (χ0v) is 34.5. The van der Waals surface area contributed by atoms with Gasteiger partial charge in [0.25, 0.3) is 0 Å². The fourth-order valence-electron chi connectivity index (χ4n) is 9.68. The lowest BCUT2D eigenvalue weighted by Gasteiger charge is -2.28. The number of aromatic nitrogens is 2. The summed E-state index contributed by atoms with van der Waals surface area (Å²) in [4.78, 5) is 2.43. The molecule has 10 aromatic carbocycles. The third-order valence-electron chi connectivity index (χ3n) is 12.5. The fourth-order valence-corrected chi connectivity index (χ4v) is 9.68. The van der Waals surface area contributed by atoms with E-state index in [9.17, 15) is 0 Å². The number of anilines is 3. The summed E-state index contributed by atoms with van der Waals surface area (Å²) < 4.78 is 4.83. The Balaban J connectivity index is 1.06. The van der Waals surface area contributed by atoms with Gasteiger partial charge in [-0.3, -0.25) is 0 Å². The average molecular weight is 804 g/mol. The Morgan fingerprint density at radius 1 is 0.270 bits per heavy atom. The van der Waals surface area contributed by atoms with Crippen molar-refractivity contribution < 1.29 is 0 Å². The summed E-state index contributed by atoms with van der Waals surface area (Å²) in [6, 6.07) is 90.1. The van der Waals surface area contributed by atoms with Crippen LogP contribution in [0.2, 0.25) is 0 Å². The lowest BCUT2D eigenvalue weighted by molar-refractivity contribution is 1.17. The normalized spacial score (nSPS) is 11.5. The van der Waals surface area contributed by atoms with Crippen LogP contribution in [0.3, 0.4) is 0 Å². The molecule has 0 aliphatic rings. The van der Waals surface area contributed by atoms with Crippen molar-refractivity contribution in [2.45, 2.75) is 0 Å². The van der Waals surface area contributed by atoms with Gasteiger partial charge in [-0.1, -0.05) is 170 Å². The van der Waals surface area contributed by atoms with E-state index in [1.807, 2.05) is 0 Å². The Morgan fingerprint density at radius 3 is 1.56 bits per heavy atom. The van der Waals surface area contributed by atoms with Gasteiger partial charge >= 0.3 is 0 Å². The zero-order valence-electron chi connectivity index (χ0n) is 34.5. The molecule has 63 heavy (non-hydrogen) atoms. The number of nitrogens with zero attached hydrogens (tertiary/aromatic N) is 3.